The highest BCUT2D eigenvalue weighted by Gasteiger charge is 2.26. The van der Waals surface area contributed by atoms with E-state index in [1.807, 2.05) is 13.8 Å². The van der Waals surface area contributed by atoms with Gasteiger partial charge >= 0.3 is 0 Å². The van der Waals surface area contributed by atoms with Crippen LogP contribution in [0.5, 0.6) is 0 Å². The molecule has 0 aliphatic carbocycles. The van der Waals surface area contributed by atoms with Crippen LogP contribution in [-0.2, 0) is 9.47 Å². The average Bonchev–Trinajstić information content (AvgIpc) is 2.13. The molecule has 1 heterocycles. The zero-order valence-electron chi connectivity index (χ0n) is 5.83. The predicted molar refractivity (Wildman–Crippen MR) is 35.1 cm³/mol. The Labute approximate surface area is 55.5 Å². The topological polar surface area (TPSA) is 18.5 Å². The highest BCUT2D eigenvalue weighted by Crippen LogP contribution is 2.18. The Bertz CT molecular complexity index is 101. The van der Waals surface area contributed by atoms with Gasteiger partial charge in [-0.25, -0.2) is 0 Å². The van der Waals surface area contributed by atoms with E-state index in [0.29, 0.717) is 0 Å². The number of rotatable bonds is 1. The Morgan fingerprint density at radius 2 is 1.67 bits per heavy atom. The van der Waals surface area contributed by atoms with Crippen molar-refractivity contribution in [3.8, 4) is 0 Å². The molecule has 9 heavy (non-hydrogen) atoms. The van der Waals surface area contributed by atoms with Crippen LogP contribution < -0.4 is 0 Å². The summed E-state index contributed by atoms with van der Waals surface area (Å²) in [6.07, 6.45) is 1.89. The molecular weight excluding hydrogens is 116 g/mol. The van der Waals surface area contributed by atoms with Gasteiger partial charge in [0.15, 0.2) is 6.29 Å². The molecule has 1 aliphatic rings. The standard InChI is InChI=1S/C7H12O2/c1-4-7-8-5(2)6(3)9-7/h4-7H,1H2,2-3H3/t5-,6-/m0/s1. The lowest BCUT2D eigenvalue weighted by atomic mass is 10.3. The van der Waals surface area contributed by atoms with Crippen molar-refractivity contribution >= 4 is 0 Å². The molecule has 1 fully saturated rings. The summed E-state index contributed by atoms with van der Waals surface area (Å²) in [5, 5.41) is 0. The van der Waals surface area contributed by atoms with Gasteiger partial charge in [-0.3, -0.25) is 0 Å². The van der Waals surface area contributed by atoms with Crippen LogP contribution in [0.3, 0.4) is 0 Å². The van der Waals surface area contributed by atoms with Crippen LogP contribution in [0.4, 0.5) is 0 Å². The van der Waals surface area contributed by atoms with Gasteiger partial charge in [0.25, 0.3) is 0 Å². The smallest absolute Gasteiger partial charge is 0.177 e. The normalized spacial score (nSPS) is 37.1. The first kappa shape index (κ1) is 6.78. The van der Waals surface area contributed by atoms with Crippen LogP contribution in [-0.4, -0.2) is 18.5 Å². The molecule has 0 unspecified atom stereocenters. The molecule has 0 saturated carbocycles. The molecule has 1 rings (SSSR count). The molecule has 2 nitrogen and oxygen atoms in total. The lowest BCUT2D eigenvalue weighted by Gasteiger charge is -2.02. The number of hydrogen-bond donors (Lipinski definition) is 0. The first-order valence-corrected chi connectivity index (χ1v) is 3.17. The molecule has 0 aromatic rings. The molecule has 1 aliphatic heterocycles. The summed E-state index contributed by atoms with van der Waals surface area (Å²) < 4.78 is 10.6. The second kappa shape index (κ2) is 2.50. The molecule has 2 atom stereocenters. The van der Waals surface area contributed by atoms with Crippen LogP contribution in [0.25, 0.3) is 0 Å². The third kappa shape index (κ3) is 1.32. The minimum atomic E-state index is -0.185. The molecule has 0 N–H and O–H groups in total. The Morgan fingerprint density at radius 1 is 1.22 bits per heavy atom. The number of hydrogen-bond acceptors (Lipinski definition) is 2. The van der Waals surface area contributed by atoms with E-state index in [4.69, 9.17) is 9.47 Å². The molecular formula is C7H12O2. The predicted octanol–water partition coefficient (Wildman–Crippen LogP) is 1.32. The fraction of sp³-hybridized carbons (Fsp3) is 0.714. The second-order valence-corrected chi connectivity index (χ2v) is 2.29. The van der Waals surface area contributed by atoms with E-state index in [1.54, 1.807) is 6.08 Å². The quantitative estimate of drug-likeness (QED) is 0.496. The Kier molecular flexibility index (Phi) is 1.88. The molecule has 1 saturated heterocycles. The van der Waals surface area contributed by atoms with Gasteiger partial charge in [0.1, 0.15) is 0 Å². The van der Waals surface area contributed by atoms with E-state index >= 15 is 0 Å². The maximum Gasteiger partial charge on any atom is 0.177 e. The van der Waals surface area contributed by atoms with Crippen LogP contribution >= 0.6 is 0 Å². The second-order valence-electron chi connectivity index (χ2n) is 2.29. The minimum absolute atomic E-state index is 0.185. The van der Waals surface area contributed by atoms with Crippen molar-refractivity contribution in [3.05, 3.63) is 12.7 Å². The molecule has 0 aromatic heterocycles. The van der Waals surface area contributed by atoms with Crippen molar-refractivity contribution in [3.63, 3.8) is 0 Å². The lowest BCUT2D eigenvalue weighted by Crippen LogP contribution is -2.13. The minimum Gasteiger partial charge on any atom is -0.343 e. The van der Waals surface area contributed by atoms with Gasteiger partial charge in [-0.2, -0.15) is 0 Å². The van der Waals surface area contributed by atoms with Gasteiger partial charge in [0.2, 0.25) is 0 Å². The van der Waals surface area contributed by atoms with E-state index < -0.39 is 0 Å². The van der Waals surface area contributed by atoms with Crippen LogP contribution in [0.2, 0.25) is 0 Å². The Balaban J connectivity index is 2.43. The Hall–Kier alpha value is -0.340. The summed E-state index contributed by atoms with van der Waals surface area (Å²) in [5.41, 5.74) is 0. The molecule has 0 spiro atoms. The van der Waals surface area contributed by atoms with E-state index in [2.05, 4.69) is 6.58 Å². The van der Waals surface area contributed by atoms with Crippen LogP contribution in [0.15, 0.2) is 12.7 Å². The van der Waals surface area contributed by atoms with E-state index in [-0.39, 0.29) is 18.5 Å². The molecule has 2 heteroatoms. The average molecular weight is 128 g/mol. The van der Waals surface area contributed by atoms with Crippen molar-refractivity contribution in [2.75, 3.05) is 0 Å². The lowest BCUT2D eigenvalue weighted by molar-refractivity contribution is -0.0240. The van der Waals surface area contributed by atoms with Crippen LogP contribution in [0, 0.1) is 0 Å². The van der Waals surface area contributed by atoms with Gasteiger partial charge in [-0.05, 0) is 19.9 Å². The molecule has 0 aromatic carbocycles. The van der Waals surface area contributed by atoms with Gasteiger partial charge < -0.3 is 9.47 Å². The van der Waals surface area contributed by atoms with Crippen molar-refractivity contribution < 1.29 is 9.47 Å². The summed E-state index contributed by atoms with van der Waals surface area (Å²) in [5.74, 6) is 0. The van der Waals surface area contributed by atoms with Gasteiger partial charge in [-0.1, -0.05) is 6.58 Å². The highest BCUT2D eigenvalue weighted by atomic mass is 16.7. The van der Waals surface area contributed by atoms with E-state index in [0.717, 1.165) is 0 Å². The first-order chi connectivity index (χ1) is 4.24. The monoisotopic (exact) mass is 128 g/mol. The zero-order chi connectivity index (χ0) is 6.85. The fourth-order valence-corrected chi connectivity index (χ4v) is 0.788. The van der Waals surface area contributed by atoms with Crippen LogP contribution in [0.1, 0.15) is 13.8 Å². The first-order valence-electron chi connectivity index (χ1n) is 3.17. The fourth-order valence-electron chi connectivity index (χ4n) is 0.788. The van der Waals surface area contributed by atoms with Gasteiger partial charge in [-0.15, -0.1) is 0 Å². The summed E-state index contributed by atoms with van der Waals surface area (Å²) in [7, 11) is 0. The Morgan fingerprint density at radius 3 is 1.89 bits per heavy atom. The van der Waals surface area contributed by atoms with Crippen molar-refractivity contribution in [1.29, 1.82) is 0 Å². The summed E-state index contributed by atoms with van der Waals surface area (Å²) in [6.45, 7) is 7.55. The summed E-state index contributed by atoms with van der Waals surface area (Å²) in [4.78, 5) is 0. The zero-order valence-corrected chi connectivity index (χ0v) is 5.83. The van der Waals surface area contributed by atoms with Gasteiger partial charge in [0, 0.05) is 0 Å². The van der Waals surface area contributed by atoms with Crippen molar-refractivity contribution in [2.24, 2.45) is 0 Å². The SMILES string of the molecule is C=CC1O[C@@H](C)[C@H](C)O1. The molecule has 0 bridgehead atoms. The summed E-state index contributed by atoms with van der Waals surface area (Å²) in [6, 6.07) is 0. The summed E-state index contributed by atoms with van der Waals surface area (Å²) >= 11 is 0. The highest BCUT2D eigenvalue weighted by molar-refractivity contribution is 4.80. The molecule has 0 amide bonds. The van der Waals surface area contributed by atoms with E-state index in [1.165, 1.54) is 0 Å². The van der Waals surface area contributed by atoms with E-state index in [9.17, 15) is 0 Å². The number of ether oxygens (including phenoxy) is 2. The maximum absolute atomic E-state index is 5.28. The van der Waals surface area contributed by atoms with Crippen molar-refractivity contribution in [1.82, 2.24) is 0 Å². The largest absolute Gasteiger partial charge is 0.343 e. The van der Waals surface area contributed by atoms with Crippen molar-refractivity contribution in [2.45, 2.75) is 32.3 Å². The third-order valence-corrected chi connectivity index (χ3v) is 1.55. The molecule has 0 radical (unpaired) electrons. The maximum atomic E-state index is 5.28. The third-order valence-electron chi connectivity index (χ3n) is 1.55. The van der Waals surface area contributed by atoms with Gasteiger partial charge in [0.05, 0.1) is 12.2 Å². The molecule has 52 valence electrons.